The molecule has 0 spiro atoms. The smallest absolute Gasteiger partial charge is 0.169 e. The summed E-state index contributed by atoms with van der Waals surface area (Å²) in [6, 6.07) is 7.60. The van der Waals surface area contributed by atoms with Crippen molar-refractivity contribution < 1.29 is 8.91 Å². The van der Waals surface area contributed by atoms with Gasteiger partial charge in [-0.05, 0) is 12.1 Å². The van der Waals surface area contributed by atoms with Gasteiger partial charge >= 0.3 is 0 Å². The number of rotatable bonds is 1. The zero-order valence-corrected chi connectivity index (χ0v) is 6.70. The van der Waals surface area contributed by atoms with Crippen molar-refractivity contribution in [2.24, 2.45) is 0 Å². The molecule has 0 radical (unpaired) electrons. The average Bonchev–Trinajstić information content (AvgIpc) is 2.52. The summed E-state index contributed by atoms with van der Waals surface area (Å²) in [6.07, 6.45) is 0. The van der Waals surface area contributed by atoms with Crippen LogP contribution in [-0.2, 0) is 0 Å². The Labute approximate surface area is 74.0 Å². The maximum atomic E-state index is 12.8. The van der Waals surface area contributed by atoms with Crippen molar-refractivity contribution >= 4 is 5.82 Å². The average molecular weight is 178 g/mol. The molecule has 2 aromatic rings. The lowest BCUT2D eigenvalue weighted by Crippen LogP contribution is -1.80. The van der Waals surface area contributed by atoms with Crippen molar-refractivity contribution in [2.45, 2.75) is 0 Å². The maximum Gasteiger partial charge on any atom is 0.169 e. The van der Waals surface area contributed by atoms with Crippen LogP contribution < -0.4 is 5.73 Å². The topological polar surface area (TPSA) is 52.0 Å². The molecule has 2 rings (SSSR count). The summed E-state index contributed by atoms with van der Waals surface area (Å²) in [4.78, 5) is 0. The molecule has 1 aromatic heterocycles. The van der Waals surface area contributed by atoms with Crippen LogP contribution >= 0.6 is 0 Å². The fraction of sp³-hybridized carbons (Fsp3) is 0. The molecule has 66 valence electrons. The van der Waals surface area contributed by atoms with E-state index in [-0.39, 0.29) is 5.82 Å². The Morgan fingerprint density at radius 2 is 2.15 bits per heavy atom. The highest BCUT2D eigenvalue weighted by molar-refractivity contribution is 5.59. The first-order valence-corrected chi connectivity index (χ1v) is 3.74. The van der Waals surface area contributed by atoms with E-state index >= 15 is 0 Å². The summed E-state index contributed by atoms with van der Waals surface area (Å²) >= 11 is 0. The highest BCUT2D eigenvalue weighted by Gasteiger charge is 2.04. The molecule has 1 heterocycles. The molecule has 4 heteroatoms. The van der Waals surface area contributed by atoms with Gasteiger partial charge in [-0.15, -0.1) is 0 Å². The van der Waals surface area contributed by atoms with E-state index in [9.17, 15) is 4.39 Å². The fourth-order valence-corrected chi connectivity index (χ4v) is 1.07. The summed E-state index contributed by atoms with van der Waals surface area (Å²) in [5.74, 6) is 0.448. The maximum absolute atomic E-state index is 12.8. The number of benzene rings is 1. The molecule has 13 heavy (non-hydrogen) atoms. The van der Waals surface area contributed by atoms with Crippen molar-refractivity contribution in [1.82, 2.24) is 5.16 Å². The molecule has 3 nitrogen and oxygen atoms in total. The molecular formula is C9H7FN2O. The SMILES string of the molecule is Nc1cc(-c2cccc(F)c2)on1. The molecule has 0 amide bonds. The zero-order chi connectivity index (χ0) is 9.26. The van der Waals surface area contributed by atoms with Gasteiger partial charge in [0.2, 0.25) is 0 Å². The molecular weight excluding hydrogens is 171 g/mol. The molecule has 0 aliphatic rings. The zero-order valence-electron chi connectivity index (χ0n) is 6.70. The standard InChI is InChI=1S/C9H7FN2O/c10-7-3-1-2-6(4-7)8-5-9(11)12-13-8/h1-5H,(H2,11,12). The van der Waals surface area contributed by atoms with Crippen LogP contribution in [0, 0.1) is 5.82 Å². The van der Waals surface area contributed by atoms with Crippen LogP contribution in [0.2, 0.25) is 0 Å². The van der Waals surface area contributed by atoms with Crippen LogP contribution in [0.4, 0.5) is 10.2 Å². The van der Waals surface area contributed by atoms with E-state index < -0.39 is 0 Å². The van der Waals surface area contributed by atoms with Crippen LogP contribution in [0.3, 0.4) is 0 Å². The van der Waals surface area contributed by atoms with E-state index in [0.717, 1.165) is 0 Å². The first kappa shape index (κ1) is 7.79. The van der Waals surface area contributed by atoms with Gasteiger partial charge in [-0.2, -0.15) is 0 Å². The second kappa shape index (κ2) is 2.90. The Kier molecular flexibility index (Phi) is 1.73. The molecule has 2 N–H and O–H groups in total. The lowest BCUT2D eigenvalue weighted by Gasteiger charge is -1.93. The van der Waals surface area contributed by atoms with Gasteiger partial charge in [0.25, 0.3) is 0 Å². The molecule has 0 fully saturated rings. The van der Waals surface area contributed by atoms with Crippen LogP contribution in [0.15, 0.2) is 34.9 Å². The van der Waals surface area contributed by atoms with Crippen molar-refractivity contribution in [2.75, 3.05) is 5.73 Å². The molecule has 0 aliphatic heterocycles. The summed E-state index contributed by atoms with van der Waals surface area (Å²) in [6.45, 7) is 0. The molecule has 0 saturated carbocycles. The first-order valence-electron chi connectivity index (χ1n) is 3.74. The second-order valence-corrected chi connectivity index (χ2v) is 2.63. The summed E-state index contributed by atoms with van der Waals surface area (Å²) in [5, 5.41) is 3.50. The minimum atomic E-state index is -0.313. The molecule has 0 aliphatic carbocycles. The third kappa shape index (κ3) is 1.51. The lowest BCUT2D eigenvalue weighted by atomic mass is 10.2. The summed E-state index contributed by atoms with van der Waals surface area (Å²) in [7, 11) is 0. The number of anilines is 1. The molecule has 1 aromatic carbocycles. The number of halogens is 1. The van der Waals surface area contributed by atoms with Crippen molar-refractivity contribution in [1.29, 1.82) is 0 Å². The number of hydrogen-bond donors (Lipinski definition) is 1. The monoisotopic (exact) mass is 178 g/mol. The predicted molar refractivity (Wildman–Crippen MR) is 46.3 cm³/mol. The summed E-state index contributed by atoms with van der Waals surface area (Å²) in [5.41, 5.74) is 5.98. The molecule has 0 unspecified atom stereocenters. The Balaban J connectivity index is 2.46. The minimum Gasteiger partial charge on any atom is -0.381 e. The van der Waals surface area contributed by atoms with Crippen LogP contribution in [0.1, 0.15) is 0 Å². The Bertz CT molecular complexity index is 425. The lowest BCUT2D eigenvalue weighted by molar-refractivity contribution is 0.435. The van der Waals surface area contributed by atoms with E-state index in [2.05, 4.69) is 5.16 Å². The highest BCUT2D eigenvalue weighted by atomic mass is 19.1. The van der Waals surface area contributed by atoms with Gasteiger partial charge in [-0.1, -0.05) is 17.3 Å². The number of nitrogen functional groups attached to an aromatic ring is 1. The third-order valence-corrected chi connectivity index (χ3v) is 1.64. The number of nitrogens with zero attached hydrogens (tertiary/aromatic N) is 1. The van der Waals surface area contributed by atoms with E-state index in [4.69, 9.17) is 10.3 Å². The molecule has 0 bridgehead atoms. The summed E-state index contributed by atoms with van der Waals surface area (Å²) < 4.78 is 17.6. The van der Waals surface area contributed by atoms with Gasteiger partial charge in [0.1, 0.15) is 5.82 Å². The van der Waals surface area contributed by atoms with Crippen LogP contribution in [0.25, 0.3) is 11.3 Å². The quantitative estimate of drug-likeness (QED) is 0.727. The van der Waals surface area contributed by atoms with Gasteiger partial charge in [-0.3, -0.25) is 0 Å². The van der Waals surface area contributed by atoms with Crippen molar-refractivity contribution in [3.63, 3.8) is 0 Å². The van der Waals surface area contributed by atoms with Gasteiger partial charge in [0.05, 0.1) is 0 Å². The van der Waals surface area contributed by atoms with Gasteiger partial charge < -0.3 is 10.3 Å². The second-order valence-electron chi connectivity index (χ2n) is 2.63. The van der Waals surface area contributed by atoms with E-state index in [1.165, 1.54) is 12.1 Å². The number of aromatic nitrogens is 1. The third-order valence-electron chi connectivity index (χ3n) is 1.64. The Morgan fingerprint density at radius 1 is 1.31 bits per heavy atom. The fourth-order valence-electron chi connectivity index (χ4n) is 1.07. The van der Waals surface area contributed by atoms with E-state index in [1.807, 2.05) is 0 Å². The van der Waals surface area contributed by atoms with E-state index in [0.29, 0.717) is 17.1 Å². The largest absolute Gasteiger partial charge is 0.381 e. The molecule has 0 atom stereocenters. The first-order chi connectivity index (χ1) is 6.25. The van der Waals surface area contributed by atoms with Gasteiger partial charge in [-0.25, -0.2) is 4.39 Å². The van der Waals surface area contributed by atoms with Crippen molar-refractivity contribution in [3.05, 3.63) is 36.1 Å². The normalized spacial score (nSPS) is 10.2. The Hall–Kier alpha value is -1.84. The minimum absolute atomic E-state index is 0.291. The van der Waals surface area contributed by atoms with Gasteiger partial charge in [0.15, 0.2) is 11.6 Å². The van der Waals surface area contributed by atoms with E-state index in [1.54, 1.807) is 18.2 Å². The Morgan fingerprint density at radius 3 is 2.77 bits per heavy atom. The van der Waals surface area contributed by atoms with Crippen LogP contribution in [-0.4, -0.2) is 5.16 Å². The van der Waals surface area contributed by atoms with Gasteiger partial charge in [0, 0.05) is 11.6 Å². The molecule has 0 saturated heterocycles. The number of nitrogens with two attached hydrogens (primary N) is 1. The van der Waals surface area contributed by atoms with Crippen molar-refractivity contribution in [3.8, 4) is 11.3 Å². The predicted octanol–water partition coefficient (Wildman–Crippen LogP) is 2.06. The highest BCUT2D eigenvalue weighted by Crippen LogP contribution is 2.21. The van der Waals surface area contributed by atoms with Crippen LogP contribution in [0.5, 0.6) is 0 Å². The number of hydrogen-bond acceptors (Lipinski definition) is 3.